The molecule has 1 aromatic carbocycles. The third-order valence-corrected chi connectivity index (χ3v) is 4.05. The molecule has 0 saturated carbocycles. The van der Waals surface area contributed by atoms with Crippen LogP contribution in [-0.2, 0) is 4.79 Å². The van der Waals surface area contributed by atoms with E-state index in [2.05, 4.69) is 5.43 Å². The molecule has 0 fully saturated rings. The number of hydrazine groups is 1. The van der Waals surface area contributed by atoms with Crippen LogP contribution in [0.25, 0.3) is 0 Å². The zero-order chi connectivity index (χ0) is 13.0. The normalized spacial score (nSPS) is 12.5. The fourth-order valence-corrected chi connectivity index (χ4v) is 2.63. The molecular formula is C12H19N3OS. The van der Waals surface area contributed by atoms with Crippen molar-refractivity contribution in [2.45, 2.75) is 30.9 Å². The maximum absolute atomic E-state index is 11.7. The minimum absolute atomic E-state index is 0.175. The number of carbonyl (C=O) groups excluding carboxylic acids is 1. The summed E-state index contributed by atoms with van der Waals surface area (Å²) in [7, 11) is 0. The lowest BCUT2D eigenvalue weighted by Gasteiger charge is -2.19. The van der Waals surface area contributed by atoms with Gasteiger partial charge in [0.1, 0.15) is 0 Å². The van der Waals surface area contributed by atoms with Crippen molar-refractivity contribution in [1.82, 2.24) is 5.43 Å². The molecule has 5 N–H and O–H groups in total. The quantitative estimate of drug-likeness (QED) is 0.251. The lowest BCUT2D eigenvalue weighted by atomic mass is 10.1. The van der Waals surface area contributed by atoms with E-state index in [-0.39, 0.29) is 17.1 Å². The second-order valence-electron chi connectivity index (χ2n) is 4.33. The molecule has 0 aliphatic rings. The van der Waals surface area contributed by atoms with Gasteiger partial charge in [-0.05, 0) is 30.5 Å². The average molecular weight is 253 g/mol. The number of carbonyl (C=O) groups is 1. The molecule has 0 aliphatic carbocycles. The van der Waals surface area contributed by atoms with E-state index >= 15 is 0 Å². The lowest BCUT2D eigenvalue weighted by molar-refractivity contribution is -0.121. The third-order valence-electron chi connectivity index (χ3n) is 2.43. The average Bonchev–Trinajstić information content (AvgIpc) is 2.28. The van der Waals surface area contributed by atoms with E-state index in [9.17, 15) is 4.79 Å². The van der Waals surface area contributed by atoms with Crippen molar-refractivity contribution in [3.05, 3.63) is 23.8 Å². The van der Waals surface area contributed by atoms with Crippen LogP contribution in [0.3, 0.4) is 0 Å². The molecule has 1 rings (SSSR count). The number of hydrogen-bond acceptors (Lipinski definition) is 4. The molecule has 0 spiro atoms. The fourth-order valence-electron chi connectivity index (χ4n) is 1.45. The third kappa shape index (κ3) is 3.64. The molecule has 1 amide bonds. The Balaban J connectivity index is 2.93. The van der Waals surface area contributed by atoms with E-state index in [4.69, 9.17) is 11.6 Å². The van der Waals surface area contributed by atoms with E-state index < -0.39 is 0 Å². The highest BCUT2D eigenvalue weighted by atomic mass is 32.2. The topological polar surface area (TPSA) is 81.1 Å². The summed E-state index contributed by atoms with van der Waals surface area (Å²) in [5.41, 5.74) is 9.91. The number of benzene rings is 1. The first-order valence-corrected chi connectivity index (χ1v) is 6.37. The number of thioether (sulfide) groups is 1. The molecule has 4 nitrogen and oxygen atoms in total. The maximum Gasteiger partial charge on any atom is 0.247 e. The summed E-state index contributed by atoms with van der Waals surface area (Å²) < 4.78 is 0. The Bertz CT molecular complexity index is 407. The Morgan fingerprint density at radius 1 is 1.41 bits per heavy atom. The predicted molar refractivity (Wildman–Crippen MR) is 72.4 cm³/mol. The number of hydrogen-bond donors (Lipinski definition) is 3. The number of nitrogens with two attached hydrogens (primary N) is 2. The second kappa shape index (κ2) is 5.93. The van der Waals surface area contributed by atoms with Gasteiger partial charge in [-0.2, -0.15) is 0 Å². The van der Waals surface area contributed by atoms with Crippen molar-refractivity contribution < 1.29 is 4.79 Å². The van der Waals surface area contributed by atoms with E-state index in [1.807, 2.05) is 39.0 Å². The van der Waals surface area contributed by atoms with E-state index in [1.165, 1.54) is 11.8 Å². The van der Waals surface area contributed by atoms with Crippen molar-refractivity contribution >= 4 is 23.4 Å². The Morgan fingerprint density at radius 3 is 2.59 bits per heavy atom. The molecule has 0 aromatic heterocycles. The highest BCUT2D eigenvalue weighted by Crippen LogP contribution is 2.32. The van der Waals surface area contributed by atoms with Gasteiger partial charge in [0, 0.05) is 10.6 Å². The number of anilines is 1. The smallest absolute Gasteiger partial charge is 0.247 e. The van der Waals surface area contributed by atoms with Crippen molar-refractivity contribution in [3.63, 3.8) is 0 Å². The van der Waals surface area contributed by atoms with Crippen LogP contribution in [0.2, 0.25) is 0 Å². The van der Waals surface area contributed by atoms with Crippen molar-refractivity contribution in [1.29, 1.82) is 0 Å². The summed E-state index contributed by atoms with van der Waals surface area (Å²) in [5, 5.41) is -0.232. The van der Waals surface area contributed by atoms with Gasteiger partial charge in [0.15, 0.2) is 0 Å². The Kier molecular flexibility index (Phi) is 4.84. The molecule has 0 bridgehead atoms. The Labute approximate surface area is 106 Å². The SMILES string of the molecule is Cc1ccc(N)c(SC(C(=O)NN)C(C)C)c1. The molecule has 17 heavy (non-hydrogen) atoms. The van der Waals surface area contributed by atoms with Gasteiger partial charge in [-0.15, -0.1) is 11.8 Å². The highest BCUT2D eigenvalue weighted by molar-refractivity contribution is 8.00. The Hall–Kier alpha value is -1.20. The zero-order valence-corrected chi connectivity index (χ0v) is 11.2. The van der Waals surface area contributed by atoms with E-state index in [0.29, 0.717) is 5.69 Å². The molecular weight excluding hydrogens is 234 g/mol. The van der Waals surface area contributed by atoms with Gasteiger partial charge in [-0.25, -0.2) is 5.84 Å². The maximum atomic E-state index is 11.7. The van der Waals surface area contributed by atoms with Crippen LogP contribution >= 0.6 is 11.8 Å². The predicted octanol–water partition coefficient (Wildman–Crippen LogP) is 1.68. The molecule has 0 radical (unpaired) electrons. The monoisotopic (exact) mass is 253 g/mol. The van der Waals surface area contributed by atoms with E-state index in [1.54, 1.807) is 0 Å². The van der Waals surface area contributed by atoms with Crippen LogP contribution in [0.15, 0.2) is 23.1 Å². The van der Waals surface area contributed by atoms with Crippen molar-refractivity contribution in [2.24, 2.45) is 11.8 Å². The van der Waals surface area contributed by atoms with Crippen LogP contribution in [-0.4, -0.2) is 11.2 Å². The molecule has 0 heterocycles. The summed E-state index contributed by atoms with van der Waals surface area (Å²) in [5.74, 6) is 5.20. The molecule has 0 saturated heterocycles. The van der Waals surface area contributed by atoms with Gasteiger partial charge in [-0.3, -0.25) is 10.2 Å². The second-order valence-corrected chi connectivity index (χ2v) is 5.52. The minimum atomic E-state index is -0.232. The summed E-state index contributed by atoms with van der Waals surface area (Å²) in [6.45, 7) is 5.97. The van der Waals surface area contributed by atoms with Gasteiger partial charge in [0.05, 0.1) is 5.25 Å². The van der Waals surface area contributed by atoms with Gasteiger partial charge in [0.2, 0.25) is 5.91 Å². The largest absolute Gasteiger partial charge is 0.398 e. The number of rotatable bonds is 4. The standard InChI is InChI=1S/C12H19N3OS/c1-7(2)11(12(16)15-14)17-10-6-8(3)4-5-9(10)13/h4-7,11H,13-14H2,1-3H3,(H,15,16). The summed E-state index contributed by atoms with van der Waals surface area (Å²) in [6, 6.07) is 5.79. The molecule has 1 aromatic rings. The van der Waals surface area contributed by atoms with E-state index in [0.717, 1.165) is 10.5 Å². The molecule has 0 aliphatic heterocycles. The zero-order valence-electron chi connectivity index (χ0n) is 10.4. The van der Waals surface area contributed by atoms with Crippen LogP contribution in [0, 0.1) is 12.8 Å². The van der Waals surface area contributed by atoms with Crippen LogP contribution in [0.1, 0.15) is 19.4 Å². The number of nitrogens with one attached hydrogen (secondary N) is 1. The van der Waals surface area contributed by atoms with Crippen LogP contribution in [0.5, 0.6) is 0 Å². The first kappa shape index (κ1) is 13.9. The number of amides is 1. The summed E-state index contributed by atoms with van der Waals surface area (Å²) in [4.78, 5) is 12.6. The molecule has 1 unspecified atom stereocenters. The summed E-state index contributed by atoms with van der Waals surface area (Å²) >= 11 is 1.45. The van der Waals surface area contributed by atoms with Crippen LogP contribution in [0.4, 0.5) is 5.69 Å². The van der Waals surface area contributed by atoms with Crippen molar-refractivity contribution in [2.75, 3.05) is 5.73 Å². The Morgan fingerprint density at radius 2 is 2.06 bits per heavy atom. The lowest BCUT2D eigenvalue weighted by Crippen LogP contribution is -2.39. The van der Waals surface area contributed by atoms with Gasteiger partial charge in [0.25, 0.3) is 0 Å². The minimum Gasteiger partial charge on any atom is -0.398 e. The number of aryl methyl sites for hydroxylation is 1. The van der Waals surface area contributed by atoms with Crippen molar-refractivity contribution in [3.8, 4) is 0 Å². The summed E-state index contributed by atoms with van der Waals surface area (Å²) in [6.07, 6.45) is 0. The highest BCUT2D eigenvalue weighted by Gasteiger charge is 2.23. The van der Waals surface area contributed by atoms with Gasteiger partial charge in [-0.1, -0.05) is 19.9 Å². The van der Waals surface area contributed by atoms with Gasteiger partial charge < -0.3 is 5.73 Å². The molecule has 94 valence electrons. The van der Waals surface area contributed by atoms with Crippen LogP contribution < -0.4 is 17.0 Å². The number of nitrogen functional groups attached to an aromatic ring is 1. The molecule has 5 heteroatoms. The first-order chi connectivity index (χ1) is 7.95. The first-order valence-electron chi connectivity index (χ1n) is 5.49. The molecule has 1 atom stereocenters. The fraction of sp³-hybridized carbons (Fsp3) is 0.417. The van der Waals surface area contributed by atoms with Gasteiger partial charge >= 0.3 is 0 Å².